The van der Waals surface area contributed by atoms with E-state index in [-0.39, 0.29) is 5.25 Å². The normalized spacial score (nSPS) is 12.8. The second-order valence-electron chi connectivity index (χ2n) is 5.44. The van der Waals surface area contributed by atoms with Crippen LogP contribution in [0.5, 0.6) is 0 Å². The molecule has 0 N–H and O–H groups in total. The summed E-state index contributed by atoms with van der Waals surface area (Å²) >= 11 is 0. The van der Waals surface area contributed by atoms with E-state index in [2.05, 4.69) is 43.3 Å². The van der Waals surface area contributed by atoms with E-state index in [0.717, 1.165) is 29.8 Å². The highest BCUT2D eigenvalue weighted by atomic mass is 32.2. The molecule has 0 saturated carbocycles. The minimum absolute atomic E-state index is 0.0328. The fourth-order valence-corrected chi connectivity index (χ4v) is 3.96. The van der Waals surface area contributed by atoms with Crippen LogP contribution in [0.1, 0.15) is 22.8 Å². The maximum atomic E-state index is 12.8. The summed E-state index contributed by atoms with van der Waals surface area (Å²) < 4.78 is 12.8. The molecule has 0 aliphatic carbocycles. The molecule has 0 spiro atoms. The Morgan fingerprint density at radius 3 is 1.81 bits per heavy atom. The predicted molar refractivity (Wildman–Crippen MR) is 90.9 cm³/mol. The molecule has 0 aliphatic rings. The lowest BCUT2D eigenvalue weighted by Gasteiger charge is -2.18. The molecule has 0 unspecified atom stereocenters. The summed E-state index contributed by atoms with van der Waals surface area (Å²) in [5.74, 6) is 0.729. The van der Waals surface area contributed by atoms with Gasteiger partial charge in [-0.1, -0.05) is 60.7 Å². The van der Waals surface area contributed by atoms with E-state index >= 15 is 0 Å². The summed E-state index contributed by atoms with van der Waals surface area (Å²) in [7, 11) is 3.20. The number of hydrogen-bond donors (Lipinski definition) is 0. The van der Waals surface area contributed by atoms with E-state index < -0.39 is 10.8 Å². The molecule has 112 valence electrons. The Morgan fingerprint density at radius 2 is 1.38 bits per heavy atom. The molecule has 2 aromatic rings. The second-order valence-corrected chi connectivity index (χ2v) is 7.08. The highest BCUT2D eigenvalue weighted by molar-refractivity contribution is 7.85. The topological polar surface area (TPSA) is 20.3 Å². The van der Waals surface area contributed by atoms with Gasteiger partial charge >= 0.3 is 0 Å². The van der Waals surface area contributed by atoms with Gasteiger partial charge in [-0.05, 0) is 38.2 Å². The molecule has 0 fully saturated rings. The molecular weight excluding hydrogens is 278 g/mol. The largest absolute Gasteiger partial charge is 0.309 e. The first kappa shape index (κ1) is 15.9. The van der Waals surface area contributed by atoms with Crippen molar-refractivity contribution in [1.82, 2.24) is 4.90 Å². The Morgan fingerprint density at radius 1 is 0.905 bits per heavy atom. The minimum Gasteiger partial charge on any atom is -0.309 e. The van der Waals surface area contributed by atoms with Crippen LogP contribution in [-0.4, -0.2) is 35.5 Å². The van der Waals surface area contributed by atoms with Crippen molar-refractivity contribution in [3.8, 4) is 0 Å². The molecule has 2 rings (SSSR count). The van der Waals surface area contributed by atoms with Crippen LogP contribution in [0.25, 0.3) is 0 Å². The van der Waals surface area contributed by atoms with Gasteiger partial charge in [0.1, 0.15) is 0 Å². The zero-order valence-corrected chi connectivity index (χ0v) is 13.6. The van der Waals surface area contributed by atoms with Crippen LogP contribution in [0.15, 0.2) is 60.7 Å². The molecule has 3 heteroatoms. The molecular formula is C18H23NOS. The van der Waals surface area contributed by atoms with Gasteiger partial charge in [0.15, 0.2) is 0 Å². The predicted octanol–water partition coefficient (Wildman–Crippen LogP) is 3.48. The smallest absolute Gasteiger partial charge is 0.0846 e. The number of nitrogens with zero attached hydrogens (tertiary/aromatic N) is 1. The van der Waals surface area contributed by atoms with Gasteiger partial charge < -0.3 is 4.90 Å². The van der Waals surface area contributed by atoms with Gasteiger partial charge in [0.05, 0.1) is 5.25 Å². The third-order valence-corrected chi connectivity index (χ3v) is 5.18. The summed E-state index contributed by atoms with van der Waals surface area (Å²) in [6.07, 6.45) is 0.954. The van der Waals surface area contributed by atoms with E-state index in [1.807, 2.05) is 36.4 Å². The Kier molecular flexibility index (Phi) is 6.15. The summed E-state index contributed by atoms with van der Waals surface area (Å²) in [6.45, 7) is 0.974. The second kappa shape index (κ2) is 8.11. The van der Waals surface area contributed by atoms with E-state index in [1.54, 1.807) is 0 Å². The van der Waals surface area contributed by atoms with Crippen LogP contribution in [-0.2, 0) is 10.8 Å². The Hall–Kier alpha value is -1.45. The maximum absolute atomic E-state index is 12.8. The van der Waals surface area contributed by atoms with Gasteiger partial charge in [-0.15, -0.1) is 0 Å². The lowest BCUT2D eigenvalue weighted by atomic mass is 10.0. The standard InChI is InChI=1S/C18H23NOS/c1-19(2)14-9-15-21(20)18(16-10-5-3-6-11-16)17-12-7-4-8-13-17/h3-8,10-13,18H,9,14-15H2,1-2H3/t21-/m0/s1. The van der Waals surface area contributed by atoms with Gasteiger partial charge in [0.25, 0.3) is 0 Å². The molecule has 1 atom stereocenters. The van der Waals surface area contributed by atoms with Gasteiger partial charge in [-0.3, -0.25) is 4.21 Å². The summed E-state index contributed by atoms with van der Waals surface area (Å²) in [5, 5.41) is -0.0328. The third kappa shape index (κ3) is 4.80. The van der Waals surface area contributed by atoms with Crippen molar-refractivity contribution in [2.45, 2.75) is 11.7 Å². The molecule has 0 amide bonds. The Bertz CT molecular complexity index is 514. The number of hydrogen-bond acceptors (Lipinski definition) is 2. The summed E-state index contributed by atoms with van der Waals surface area (Å²) in [5.41, 5.74) is 2.26. The fraction of sp³-hybridized carbons (Fsp3) is 0.333. The van der Waals surface area contributed by atoms with Crippen LogP contribution in [0.3, 0.4) is 0 Å². The number of rotatable bonds is 7. The Labute approximate surface area is 130 Å². The first-order valence-corrected chi connectivity index (χ1v) is 8.68. The minimum atomic E-state index is -0.903. The molecule has 0 aliphatic heterocycles. The van der Waals surface area contributed by atoms with E-state index in [0.29, 0.717) is 0 Å². The molecule has 0 radical (unpaired) electrons. The van der Waals surface area contributed by atoms with Crippen LogP contribution in [0.2, 0.25) is 0 Å². The zero-order chi connectivity index (χ0) is 15.1. The average molecular weight is 301 g/mol. The molecule has 0 heterocycles. The lowest BCUT2D eigenvalue weighted by Crippen LogP contribution is -2.18. The SMILES string of the molecule is CN(C)CCC[S@](=O)C(c1ccccc1)c1ccccc1. The van der Waals surface area contributed by atoms with Crippen molar-refractivity contribution in [1.29, 1.82) is 0 Å². The van der Waals surface area contributed by atoms with Crippen LogP contribution >= 0.6 is 0 Å². The van der Waals surface area contributed by atoms with Crippen molar-refractivity contribution in [3.05, 3.63) is 71.8 Å². The highest BCUT2D eigenvalue weighted by Gasteiger charge is 2.20. The Balaban J connectivity index is 2.19. The van der Waals surface area contributed by atoms with Gasteiger partial charge in [-0.2, -0.15) is 0 Å². The van der Waals surface area contributed by atoms with E-state index in [9.17, 15) is 4.21 Å². The van der Waals surface area contributed by atoms with E-state index in [4.69, 9.17) is 0 Å². The third-order valence-electron chi connectivity index (χ3n) is 3.42. The maximum Gasteiger partial charge on any atom is 0.0846 e. The van der Waals surface area contributed by atoms with Crippen molar-refractivity contribution in [3.63, 3.8) is 0 Å². The van der Waals surface area contributed by atoms with Crippen LogP contribution in [0.4, 0.5) is 0 Å². The van der Waals surface area contributed by atoms with Crippen molar-refractivity contribution in [2.24, 2.45) is 0 Å². The molecule has 0 bridgehead atoms. The van der Waals surface area contributed by atoms with Gasteiger partial charge in [0, 0.05) is 16.6 Å². The average Bonchev–Trinajstić information content (AvgIpc) is 2.49. The first-order chi connectivity index (χ1) is 10.2. The molecule has 0 saturated heterocycles. The number of benzene rings is 2. The molecule has 21 heavy (non-hydrogen) atoms. The van der Waals surface area contributed by atoms with Gasteiger partial charge in [-0.25, -0.2) is 0 Å². The van der Waals surface area contributed by atoms with E-state index in [1.165, 1.54) is 0 Å². The van der Waals surface area contributed by atoms with Crippen molar-refractivity contribution < 1.29 is 4.21 Å². The summed E-state index contributed by atoms with van der Waals surface area (Å²) in [4.78, 5) is 2.14. The summed E-state index contributed by atoms with van der Waals surface area (Å²) in [6, 6.07) is 20.3. The monoisotopic (exact) mass is 301 g/mol. The zero-order valence-electron chi connectivity index (χ0n) is 12.7. The van der Waals surface area contributed by atoms with Crippen molar-refractivity contribution >= 4 is 10.8 Å². The molecule has 0 aromatic heterocycles. The first-order valence-electron chi connectivity index (χ1n) is 7.30. The van der Waals surface area contributed by atoms with Crippen molar-refractivity contribution in [2.75, 3.05) is 26.4 Å². The highest BCUT2D eigenvalue weighted by Crippen LogP contribution is 2.28. The molecule has 2 aromatic carbocycles. The quantitative estimate of drug-likeness (QED) is 0.780. The van der Waals surface area contributed by atoms with Crippen LogP contribution < -0.4 is 0 Å². The molecule has 2 nitrogen and oxygen atoms in total. The van der Waals surface area contributed by atoms with Crippen LogP contribution in [0, 0.1) is 0 Å². The fourth-order valence-electron chi connectivity index (χ4n) is 2.39. The van der Waals surface area contributed by atoms with Gasteiger partial charge in [0.2, 0.25) is 0 Å². The lowest BCUT2D eigenvalue weighted by molar-refractivity contribution is 0.409.